The van der Waals surface area contributed by atoms with Crippen LogP contribution in [0.2, 0.25) is 0 Å². The number of ether oxygens (including phenoxy) is 1. The van der Waals surface area contributed by atoms with Crippen LogP contribution in [-0.2, 0) is 18.3 Å². The molecule has 0 unspecified atom stereocenters. The smallest absolute Gasteiger partial charge is 0.101 e. The number of aryl methyl sites for hydroxylation is 2. The van der Waals surface area contributed by atoms with Gasteiger partial charge < -0.3 is 10.1 Å². The van der Waals surface area contributed by atoms with Crippen molar-refractivity contribution in [1.29, 1.82) is 0 Å². The van der Waals surface area contributed by atoms with Crippen molar-refractivity contribution in [2.24, 2.45) is 7.05 Å². The molecule has 0 radical (unpaired) electrons. The Morgan fingerprint density at radius 1 is 1.45 bits per heavy atom. The highest BCUT2D eigenvalue weighted by Gasteiger charge is 2.32. The van der Waals surface area contributed by atoms with Gasteiger partial charge in [0.2, 0.25) is 0 Å². The van der Waals surface area contributed by atoms with E-state index in [4.69, 9.17) is 4.74 Å². The second kappa shape index (κ2) is 6.62. The molecule has 120 valence electrons. The molecule has 1 fully saturated rings. The number of rotatable bonds is 6. The van der Waals surface area contributed by atoms with E-state index in [0.29, 0.717) is 12.1 Å². The third-order valence-corrected chi connectivity index (χ3v) is 4.52. The lowest BCUT2D eigenvalue weighted by Crippen LogP contribution is -2.39. The molecule has 3 atom stereocenters. The zero-order chi connectivity index (χ0) is 15.5. The summed E-state index contributed by atoms with van der Waals surface area (Å²) in [5.74, 6) is 0. The number of nitrogens with zero attached hydrogens (tertiary/aromatic N) is 4. The Morgan fingerprint density at radius 2 is 2.32 bits per heavy atom. The monoisotopic (exact) mass is 303 g/mol. The van der Waals surface area contributed by atoms with Gasteiger partial charge >= 0.3 is 0 Å². The average Bonchev–Trinajstić information content (AvgIpc) is 3.21. The van der Waals surface area contributed by atoms with Crippen LogP contribution in [0.15, 0.2) is 24.7 Å². The summed E-state index contributed by atoms with van der Waals surface area (Å²) in [6.07, 6.45) is 7.98. The topological polar surface area (TPSA) is 56.9 Å². The van der Waals surface area contributed by atoms with Gasteiger partial charge in [-0.25, -0.2) is 0 Å². The molecule has 1 aliphatic heterocycles. The second-order valence-corrected chi connectivity index (χ2v) is 6.12. The summed E-state index contributed by atoms with van der Waals surface area (Å²) in [5, 5.41) is 12.3. The molecule has 0 aromatic carbocycles. The minimum atomic E-state index is 0.112. The van der Waals surface area contributed by atoms with E-state index in [9.17, 15) is 0 Å². The Hall–Kier alpha value is -1.66. The van der Waals surface area contributed by atoms with Crippen molar-refractivity contribution in [3.05, 3.63) is 35.9 Å². The van der Waals surface area contributed by atoms with E-state index in [0.717, 1.165) is 26.0 Å². The van der Waals surface area contributed by atoms with E-state index >= 15 is 0 Å². The van der Waals surface area contributed by atoms with Crippen molar-refractivity contribution in [2.75, 3.05) is 6.61 Å². The van der Waals surface area contributed by atoms with E-state index in [1.54, 1.807) is 0 Å². The lowest BCUT2D eigenvalue weighted by atomic mass is 10.0. The highest BCUT2D eigenvalue weighted by molar-refractivity contribution is 5.22. The zero-order valence-corrected chi connectivity index (χ0v) is 13.6. The predicted octanol–water partition coefficient (Wildman–Crippen LogP) is 1.82. The molecule has 0 aliphatic carbocycles. The lowest BCUT2D eigenvalue weighted by molar-refractivity contribution is 0.0958. The Kier molecular flexibility index (Phi) is 4.59. The molecular formula is C16H25N5O. The number of hydrogen-bond donors (Lipinski definition) is 1. The van der Waals surface area contributed by atoms with Crippen molar-refractivity contribution < 1.29 is 4.74 Å². The lowest BCUT2D eigenvalue weighted by Gasteiger charge is -2.24. The summed E-state index contributed by atoms with van der Waals surface area (Å²) in [6, 6.07) is 2.75. The zero-order valence-electron chi connectivity index (χ0n) is 13.6. The molecule has 22 heavy (non-hydrogen) atoms. The third kappa shape index (κ3) is 3.23. The number of hydrogen-bond acceptors (Lipinski definition) is 4. The fourth-order valence-electron chi connectivity index (χ4n) is 3.07. The molecule has 0 amide bonds. The van der Waals surface area contributed by atoms with Gasteiger partial charge in [-0.1, -0.05) is 0 Å². The van der Waals surface area contributed by atoms with Crippen molar-refractivity contribution >= 4 is 0 Å². The fourth-order valence-corrected chi connectivity index (χ4v) is 3.07. The number of aromatic nitrogens is 4. The molecule has 3 rings (SSSR count). The maximum Gasteiger partial charge on any atom is 0.101 e. The van der Waals surface area contributed by atoms with Crippen molar-refractivity contribution in [2.45, 2.75) is 51.4 Å². The van der Waals surface area contributed by atoms with Gasteiger partial charge in [0.05, 0.1) is 6.20 Å². The first-order valence-corrected chi connectivity index (χ1v) is 7.98. The Bertz CT molecular complexity index is 592. The first-order chi connectivity index (χ1) is 10.6. The Morgan fingerprint density at radius 3 is 3.00 bits per heavy atom. The standard InChI is InChI=1S/C16H25N5O/c1-12(5-9-21-8-4-7-17-21)19-15-6-10-22-16(15)14-11-18-20(3)13(14)2/h4,7-8,11-12,15-16,19H,5-6,9-10H2,1-3H3/t12-,15+,16-/m1/s1. The molecule has 2 aromatic rings. The predicted molar refractivity (Wildman–Crippen MR) is 84.5 cm³/mol. The largest absolute Gasteiger partial charge is 0.372 e. The molecule has 1 saturated heterocycles. The first kappa shape index (κ1) is 15.2. The van der Waals surface area contributed by atoms with Crippen LogP contribution in [-0.4, -0.2) is 38.3 Å². The molecule has 3 heterocycles. The van der Waals surface area contributed by atoms with Crippen molar-refractivity contribution in [3.63, 3.8) is 0 Å². The summed E-state index contributed by atoms with van der Waals surface area (Å²) in [4.78, 5) is 0. The summed E-state index contributed by atoms with van der Waals surface area (Å²) >= 11 is 0. The van der Waals surface area contributed by atoms with Gasteiger partial charge in [-0.2, -0.15) is 10.2 Å². The number of nitrogens with one attached hydrogen (secondary N) is 1. The van der Waals surface area contributed by atoms with Crippen LogP contribution in [0.25, 0.3) is 0 Å². The van der Waals surface area contributed by atoms with Gasteiger partial charge in [-0.15, -0.1) is 0 Å². The highest BCUT2D eigenvalue weighted by Crippen LogP contribution is 2.31. The van der Waals surface area contributed by atoms with Crippen LogP contribution in [0.3, 0.4) is 0 Å². The minimum Gasteiger partial charge on any atom is -0.372 e. The first-order valence-electron chi connectivity index (χ1n) is 7.98. The van der Waals surface area contributed by atoms with Crippen LogP contribution in [0.5, 0.6) is 0 Å². The van der Waals surface area contributed by atoms with Crippen LogP contribution in [0.4, 0.5) is 0 Å². The quantitative estimate of drug-likeness (QED) is 0.884. The van der Waals surface area contributed by atoms with E-state index in [1.165, 1.54) is 11.3 Å². The van der Waals surface area contributed by atoms with Gasteiger partial charge in [0, 0.05) is 55.9 Å². The van der Waals surface area contributed by atoms with E-state index in [-0.39, 0.29) is 6.10 Å². The average molecular weight is 303 g/mol. The molecule has 2 aromatic heterocycles. The summed E-state index contributed by atoms with van der Waals surface area (Å²) in [7, 11) is 1.98. The summed E-state index contributed by atoms with van der Waals surface area (Å²) < 4.78 is 9.85. The van der Waals surface area contributed by atoms with Crippen LogP contribution in [0.1, 0.15) is 37.1 Å². The van der Waals surface area contributed by atoms with E-state index in [1.807, 2.05) is 41.1 Å². The van der Waals surface area contributed by atoms with Gasteiger partial charge in [-0.05, 0) is 32.8 Å². The summed E-state index contributed by atoms with van der Waals surface area (Å²) in [5.41, 5.74) is 2.39. The maximum absolute atomic E-state index is 5.96. The second-order valence-electron chi connectivity index (χ2n) is 6.12. The molecule has 1 N–H and O–H groups in total. The molecule has 0 bridgehead atoms. The molecule has 6 heteroatoms. The summed E-state index contributed by atoms with van der Waals surface area (Å²) in [6.45, 7) is 6.07. The van der Waals surface area contributed by atoms with Crippen molar-refractivity contribution in [1.82, 2.24) is 24.9 Å². The minimum absolute atomic E-state index is 0.112. The molecule has 1 aliphatic rings. The van der Waals surface area contributed by atoms with Crippen molar-refractivity contribution in [3.8, 4) is 0 Å². The SMILES string of the molecule is Cc1c([C@H]2OCC[C@@H]2N[C@H](C)CCn2cccn2)cnn1C. The van der Waals surface area contributed by atoms with Gasteiger partial charge in [0.25, 0.3) is 0 Å². The van der Waals surface area contributed by atoms with E-state index < -0.39 is 0 Å². The fraction of sp³-hybridized carbons (Fsp3) is 0.625. The van der Waals surface area contributed by atoms with Gasteiger partial charge in [0.1, 0.15) is 6.10 Å². The molecular weight excluding hydrogens is 278 g/mol. The van der Waals surface area contributed by atoms with Crippen LogP contribution >= 0.6 is 0 Å². The Balaban J connectivity index is 1.57. The Labute approximate surface area is 131 Å². The molecule has 0 spiro atoms. The van der Waals surface area contributed by atoms with Crippen LogP contribution in [0, 0.1) is 6.92 Å². The van der Waals surface area contributed by atoms with Gasteiger partial charge in [-0.3, -0.25) is 9.36 Å². The highest BCUT2D eigenvalue weighted by atomic mass is 16.5. The third-order valence-electron chi connectivity index (χ3n) is 4.52. The molecule has 6 nitrogen and oxygen atoms in total. The van der Waals surface area contributed by atoms with E-state index in [2.05, 4.69) is 29.4 Å². The normalized spacial score (nSPS) is 23.0. The van der Waals surface area contributed by atoms with Gasteiger partial charge in [0.15, 0.2) is 0 Å². The maximum atomic E-state index is 5.96. The molecule has 0 saturated carbocycles. The van der Waals surface area contributed by atoms with Crippen LogP contribution < -0.4 is 5.32 Å².